The predicted octanol–water partition coefficient (Wildman–Crippen LogP) is 2.78. The molecular weight excluding hydrogens is 393 g/mol. The lowest BCUT2D eigenvalue weighted by Gasteiger charge is -2.37. The fraction of sp³-hybridized carbons (Fsp3) is 0.706. The third-order valence-electron chi connectivity index (χ3n) is 4.62. The Labute approximate surface area is 161 Å². The van der Waals surface area contributed by atoms with E-state index in [1.807, 2.05) is 0 Å². The summed E-state index contributed by atoms with van der Waals surface area (Å²) in [7, 11) is 0.738. The first kappa shape index (κ1) is 22.4. The average Bonchev–Trinajstić information content (AvgIpc) is 2.91. The highest BCUT2D eigenvalue weighted by Gasteiger charge is 2.53. The van der Waals surface area contributed by atoms with Gasteiger partial charge in [-0.05, 0) is 45.8 Å². The zero-order valence-corrected chi connectivity index (χ0v) is 18.1. The van der Waals surface area contributed by atoms with Crippen molar-refractivity contribution in [1.29, 1.82) is 0 Å². The summed E-state index contributed by atoms with van der Waals surface area (Å²) < 4.78 is 49.9. The van der Waals surface area contributed by atoms with Crippen LogP contribution in [0.1, 0.15) is 26.2 Å². The van der Waals surface area contributed by atoms with Crippen molar-refractivity contribution in [3.8, 4) is 0 Å². The van der Waals surface area contributed by atoms with Gasteiger partial charge >= 0.3 is 11.9 Å². The van der Waals surface area contributed by atoms with E-state index in [1.54, 1.807) is 26.7 Å². The van der Waals surface area contributed by atoms with Gasteiger partial charge in [0.2, 0.25) is 0 Å². The van der Waals surface area contributed by atoms with E-state index in [1.165, 1.54) is 22.5 Å². The number of aryl methyl sites for hydroxylation is 2. The summed E-state index contributed by atoms with van der Waals surface area (Å²) in [5.41, 5.74) is -2.70. The second-order valence-corrected chi connectivity index (χ2v) is 12.7. The van der Waals surface area contributed by atoms with Crippen LogP contribution in [0.15, 0.2) is 15.9 Å². The number of hydrogen-bond acceptors (Lipinski definition) is 4. The van der Waals surface area contributed by atoms with Crippen molar-refractivity contribution in [2.75, 3.05) is 0 Å². The predicted molar refractivity (Wildman–Crippen MR) is 103 cm³/mol. The van der Waals surface area contributed by atoms with Crippen LogP contribution in [-0.4, -0.2) is 38.8 Å². The second kappa shape index (κ2) is 7.51. The first-order valence-corrected chi connectivity index (χ1v) is 12.5. The zero-order chi connectivity index (χ0) is 21.5. The summed E-state index contributed by atoms with van der Waals surface area (Å²) in [6.07, 6.45) is -2.87. The summed E-state index contributed by atoms with van der Waals surface area (Å²) >= 11 is 0. The number of unbranched alkanes of at least 4 members (excludes halogenated alkanes) is 1. The van der Waals surface area contributed by atoms with Gasteiger partial charge in [-0.1, -0.05) is 0 Å². The van der Waals surface area contributed by atoms with Gasteiger partial charge in [0.1, 0.15) is 5.60 Å². The molecule has 0 N–H and O–H groups in total. The lowest BCUT2D eigenvalue weighted by atomic mass is 9.98. The van der Waals surface area contributed by atoms with Crippen molar-refractivity contribution < 1.29 is 17.6 Å². The minimum atomic E-state index is -4.49. The van der Waals surface area contributed by atoms with Crippen LogP contribution in [0.4, 0.5) is 13.2 Å². The highest BCUT2D eigenvalue weighted by Crippen LogP contribution is 2.39. The van der Waals surface area contributed by atoms with Gasteiger partial charge in [-0.3, -0.25) is 13.9 Å². The maximum absolute atomic E-state index is 13.5. The maximum Gasteiger partial charge on any atom is 0.416 e. The van der Waals surface area contributed by atoms with Crippen LogP contribution in [0, 0.1) is 0 Å². The maximum atomic E-state index is 13.5. The van der Waals surface area contributed by atoms with Crippen LogP contribution >= 0.6 is 0 Å². The van der Waals surface area contributed by atoms with Crippen LogP contribution in [0.2, 0.25) is 19.6 Å². The molecule has 2 rings (SSSR count). The number of rotatable bonds is 7. The Bertz CT molecular complexity index is 971. The summed E-state index contributed by atoms with van der Waals surface area (Å²) in [4.78, 5) is 29.1. The van der Waals surface area contributed by atoms with Crippen LogP contribution < -0.4 is 11.2 Å². The fourth-order valence-corrected chi connectivity index (χ4v) is 4.82. The van der Waals surface area contributed by atoms with Crippen LogP contribution in [-0.2, 0) is 25.1 Å². The summed E-state index contributed by atoms with van der Waals surface area (Å²) in [6, 6.07) is 0. The van der Waals surface area contributed by atoms with Crippen LogP contribution in [0.3, 0.4) is 0 Å². The molecule has 2 aromatic heterocycles. The monoisotopic (exact) mass is 420 g/mol. The second-order valence-electron chi connectivity index (χ2n) is 8.23. The Kier molecular flexibility index (Phi) is 6.01. The normalized spacial score (nSPS) is 15.2. The molecule has 11 heteroatoms. The minimum Gasteiger partial charge on any atom is -0.404 e. The Morgan fingerprint density at radius 2 is 1.75 bits per heavy atom. The average molecular weight is 421 g/mol. The van der Waals surface area contributed by atoms with Crippen molar-refractivity contribution in [2.24, 2.45) is 14.1 Å². The molecule has 28 heavy (non-hydrogen) atoms. The van der Waals surface area contributed by atoms with Gasteiger partial charge in [-0.25, -0.2) is 9.78 Å². The fourth-order valence-electron chi connectivity index (χ4n) is 3.25. The third-order valence-corrected chi connectivity index (χ3v) is 5.68. The molecular formula is C17H27F3N4O3Si. The largest absolute Gasteiger partial charge is 0.416 e. The highest BCUT2D eigenvalue weighted by atomic mass is 28.4. The first-order chi connectivity index (χ1) is 12.7. The van der Waals surface area contributed by atoms with Gasteiger partial charge in [0, 0.05) is 20.6 Å². The lowest BCUT2D eigenvalue weighted by molar-refractivity contribution is -0.247. The minimum absolute atomic E-state index is 0.0352. The third kappa shape index (κ3) is 4.40. The van der Waals surface area contributed by atoms with Crippen LogP contribution in [0.5, 0.6) is 0 Å². The molecule has 158 valence electrons. The molecule has 0 aliphatic rings. The Morgan fingerprint density at radius 1 is 1.14 bits per heavy atom. The highest BCUT2D eigenvalue weighted by molar-refractivity contribution is 6.69. The van der Waals surface area contributed by atoms with E-state index in [9.17, 15) is 22.8 Å². The number of halogens is 3. The zero-order valence-electron chi connectivity index (χ0n) is 17.1. The number of aromatic nitrogens is 4. The molecule has 0 radical (unpaired) electrons. The molecule has 0 saturated carbocycles. The molecule has 0 aromatic carbocycles. The molecule has 0 aliphatic carbocycles. The van der Waals surface area contributed by atoms with Gasteiger partial charge < -0.3 is 8.99 Å². The van der Waals surface area contributed by atoms with E-state index < -0.39 is 31.3 Å². The van der Waals surface area contributed by atoms with Crippen molar-refractivity contribution in [2.45, 2.75) is 64.1 Å². The molecule has 0 fully saturated rings. The van der Waals surface area contributed by atoms with Gasteiger partial charge in [0.15, 0.2) is 19.5 Å². The molecule has 0 bridgehead atoms. The number of hydrogen-bond donors (Lipinski definition) is 0. The number of imidazole rings is 1. The molecule has 0 saturated heterocycles. The van der Waals surface area contributed by atoms with Gasteiger partial charge in [-0.15, -0.1) is 0 Å². The lowest BCUT2D eigenvalue weighted by Crippen LogP contribution is -2.51. The Morgan fingerprint density at radius 3 is 2.29 bits per heavy atom. The van der Waals surface area contributed by atoms with E-state index in [2.05, 4.69) is 4.98 Å². The summed E-state index contributed by atoms with van der Waals surface area (Å²) in [5, 5.41) is 0. The molecule has 1 unspecified atom stereocenters. The molecule has 7 nitrogen and oxygen atoms in total. The van der Waals surface area contributed by atoms with Gasteiger partial charge in [0.05, 0.1) is 6.33 Å². The molecule has 2 heterocycles. The van der Waals surface area contributed by atoms with Crippen LogP contribution in [0.25, 0.3) is 11.2 Å². The Hall–Kier alpha value is -1.88. The first-order valence-electron chi connectivity index (χ1n) is 9.06. The van der Waals surface area contributed by atoms with Gasteiger partial charge in [0.25, 0.3) is 5.56 Å². The van der Waals surface area contributed by atoms with Gasteiger partial charge in [-0.2, -0.15) is 13.2 Å². The molecule has 0 aliphatic heterocycles. The standard InChI is InChI=1S/C17H27F3N4O3Si/c1-16(17(18,19)20,27-28(4,5)6)9-7-8-10-24-14(25)12-13(21-11-22(12)2)23(3)15(24)26/h11H,7-10H2,1-6H3. The van der Waals surface area contributed by atoms with E-state index in [4.69, 9.17) is 4.43 Å². The SMILES string of the molecule is Cn1cnc2c1c(=O)n(CCCCC(C)(O[Si](C)(C)C)C(F)(F)F)c(=O)n2C. The van der Waals surface area contributed by atoms with Crippen molar-refractivity contribution in [3.05, 3.63) is 27.2 Å². The smallest absolute Gasteiger partial charge is 0.404 e. The Balaban J connectivity index is 2.18. The number of fused-ring (bicyclic) bond motifs is 1. The number of alkyl halides is 3. The molecule has 0 spiro atoms. The topological polar surface area (TPSA) is 71.1 Å². The van der Waals surface area contributed by atoms with Crippen molar-refractivity contribution in [1.82, 2.24) is 18.7 Å². The quantitative estimate of drug-likeness (QED) is 0.510. The summed E-state index contributed by atoms with van der Waals surface area (Å²) in [5.74, 6) is 0. The molecule has 1 atom stereocenters. The van der Waals surface area contributed by atoms with E-state index in [0.717, 1.165) is 11.5 Å². The van der Waals surface area contributed by atoms with Crippen molar-refractivity contribution in [3.63, 3.8) is 0 Å². The van der Waals surface area contributed by atoms with E-state index in [0.29, 0.717) is 0 Å². The number of nitrogens with zero attached hydrogens (tertiary/aromatic N) is 4. The van der Waals surface area contributed by atoms with E-state index >= 15 is 0 Å². The van der Waals surface area contributed by atoms with Crippen molar-refractivity contribution >= 4 is 19.5 Å². The summed E-state index contributed by atoms with van der Waals surface area (Å²) in [6.45, 7) is 6.24. The van der Waals surface area contributed by atoms with E-state index in [-0.39, 0.29) is 37.0 Å². The molecule has 2 aromatic rings. The molecule has 0 amide bonds.